The molecule has 0 fully saturated rings. The SMILES string of the molecule is C=CCCc1cc2ccc(-c3ccc(OCC=CC)cc3)cc2c(F)c1F. The molecule has 0 atom stereocenters. The lowest BCUT2D eigenvalue weighted by molar-refractivity contribution is 0.363. The number of hydrogen-bond acceptors (Lipinski definition) is 1. The third-order valence-electron chi connectivity index (χ3n) is 4.48. The first-order chi connectivity index (χ1) is 13.1. The van der Waals surface area contributed by atoms with Gasteiger partial charge in [-0.15, -0.1) is 6.58 Å². The molecule has 0 spiro atoms. The number of benzene rings is 3. The van der Waals surface area contributed by atoms with Crippen molar-refractivity contribution < 1.29 is 13.5 Å². The summed E-state index contributed by atoms with van der Waals surface area (Å²) in [5, 5.41) is 0.990. The van der Waals surface area contributed by atoms with Crippen molar-refractivity contribution >= 4 is 10.8 Å². The molecule has 3 aromatic carbocycles. The normalized spacial score (nSPS) is 11.2. The van der Waals surface area contributed by atoms with Gasteiger partial charge in [-0.3, -0.25) is 0 Å². The third-order valence-corrected chi connectivity index (χ3v) is 4.48. The summed E-state index contributed by atoms with van der Waals surface area (Å²) < 4.78 is 34.5. The minimum absolute atomic E-state index is 0.292. The van der Waals surface area contributed by atoms with Crippen LogP contribution in [-0.2, 0) is 6.42 Å². The van der Waals surface area contributed by atoms with Gasteiger partial charge in [-0.2, -0.15) is 0 Å². The molecule has 0 radical (unpaired) electrons. The van der Waals surface area contributed by atoms with E-state index in [-0.39, 0.29) is 0 Å². The van der Waals surface area contributed by atoms with Gasteiger partial charge in [0.05, 0.1) is 0 Å². The van der Waals surface area contributed by atoms with Crippen LogP contribution in [0.5, 0.6) is 5.75 Å². The van der Waals surface area contributed by atoms with Crippen molar-refractivity contribution in [3.8, 4) is 16.9 Å². The maximum Gasteiger partial charge on any atom is 0.166 e. The van der Waals surface area contributed by atoms with E-state index >= 15 is 0 Å². The Morgan fingerprint density at radius 2 is 1.70 bits per heavy atom. The van der Waals surface area contributed by atoms with Crippen molar-refractivity contribution in [1.29, 1.82) is 0 Å². The zero-order chi connectivity index (χ0) is 19.2. The first-order valence-electron chi connectivity index (χ1n) is 9.00. The molecule has 0 bridgehead atoms. The highest BCUT2D eigenvalue weighted by Gasteiger charge is 2.14. The van der Waals surface area contributed by atoms with Gasteiger partial charge in [-0.25, -0.2) is 8.78 Å². The van der Waals surface area contributed by atoms with Gasteiger partial charge in [0.1, 0.15) is 12.4 Å². The van der Waals surface area contributed by atoms with Crippen LogP contribution in [0.25, 0.3) is 21.9 Å². The van der Waals surface area contributed by atoms with E-state index in [0.29, 0.717) is 35.8 Å². The van der Waals surface area contributed by atoms with Crippen LogP contribution in [0, 0.1) is 11.6 Å². The number of allylic oxidation sites excluding steroid dienone is 2. The Morgan fingerprint density at radius 1 is 0.963 bits per heavy atom. The molecule has 3 heteroatoms. The molecule has 0 aliphatic carbocycles. The fourth-order valence-electron chi connectivity index (χ4n) is 2.99. The standard InChI is InChI=1S/C24H22F2O/c1-3-5-7-20-15-19-9-8-18(16-22(19)24(26)23(20)25)17-10-12-21(13-11-17)27-14-6-4-2/h3-4,6,8-13,15-16H,1,5,7,14H2,2H3. The minimum Gasteiger partial charge on any atom is -0.490 e. The highest BCUT2D eigenvalue weighted by molar-refractivity contribution is 5.88. The van der Waals surface area contributed by atoms with E-state index < -0.39 is 11.6 Å². The van der Waals surface area contributed by atoms with Crippen LogP contribution in [0.1, 0.15) is 18.9 Å². The van der Waals surface area contributed by atoms with Crippen LogP contribution in [0.3, 0.4) is 0 Å². The highest BCUT2D eigenvalue weighted by atomic mass is 19.2. The first kappa shape index (κ1) is 18.8. The van der Waals surface area contributed by atoms with E-state index in [0.717, 1.165) is 16.9 Å². The number of fused-ring (bicyclic) bond motifs is 1. The van der Waals surface area contributed by atoms with Crippen LogP contribution < -0.4 is 4.74 Å². The Hall–Kier alpha value is -2.94. The van der Waals surface area contributed by atoms with Crippen molar-refractivity contribution in [1.82, 2.24) is 0 Å². The van der Waals surface area contributed by atoms with Gasteiger partial charge in [0.15, 0.2) is 11.6 Å². The molecule has 0 aliphatic rings. The average molecular weight is 364 g/mol. The van der Waals surface area contributed by atoms with Crippen LogP contribution in [0.4, 0.5) is 8.78 Å². The molecule has 0 unspecified atom stereocenters. The summed E-state index contributed by atoms with van der Waals surface area (Å²) in [6, 6.07) is 14.8. The molecule has 138 valence electrons. The smallest absolute Gasteiger partial charge is 0.166 e. The van der Waals surface area contributed by atoms with Crippen molar-refractivity contribution in [3.63, 3.8) is 0 Å². The maximum absolute atomic E-state index is 14.6. The summed E-state index contributed by atoms with van der Waals surface area (Å²) in [7, 11) is 0. The number of halogens is 2. The van der Waals surface area contributed by atoms with Gasteiger partial charge in [-0.05, 0) is 66.1 Å². The van der Waals surface area contributed by atoms with E-state index in [2.05, 4.69) is 6.58 Å². The Bertz CT molecular complexity index is 972. The lowest BCUT2D eigenvalue weighted by Gasteiger charge is -2.10. The van der Waals surface area contributed by atoms with Crippen LogP contribution in [0.15, 0.2) is 73.3 Å². The summed E-state index contributed by atoms with van der Waals surface area (Å²) in [5.41, 5.74) is 2.14. The molecule has 27 heavy (non-hydrogen) atoms. The van der Waals surface area contributed by atoms with Crippen molar-refractivity contribution in [2.75, 3.05) is 6.61 Å². The van der Waals surface area contributed by atoms with Crippen molar-refractivity contribution in [3.05, 3.63) is 90.5 Å². The molecule has 3 rings (SSSR count). The number of rotatable bonds is 7. The van der Waals surface area contributed by atoms with Gasteiger partial charge in [0.25, 0.3) is 0 Å². The number of hydrogen-bond donors (Lipinski definition) is 0. The van der Waals surface area contributed by atoms with E-state index in [1.165, 1.54) is 0 Å². The molecule has 0 saturated carbocycles. The monoisotopic (exact) mass is 364 g/mol. The van der Waals surface area contributed by atoms with E-state index in [4.69, 9.17) is 4.74 Å². The number of ether oxygens (including phenoxy) is 1. The Morgan fingerprint density at radius 3 is 2.41 bits per heavy atom. The second-order valence-corrected chi connectivity index (χ2v) is 6.33. The van der Waals surface area contributed by atoms with Gasteiger partial charge in [-0.1, -0.05) is 42.5 Å². The molecule has 0 amide bonds. The molecule has 0 aromatic heterocycles. The van der Waals surface area contributed by atoms with E-state index in [1.54, 1.807) is 18.2 Å². The molecule has 1 nitrogen and oxygen atoms in total. The van der Waals surface area contributed by atoms with Gasteiger partial charge in [0.2, 0.25) is 0 Å². The summed E-state index contributed by atoms with van der Waals surface area (Å²) in [5.74, 6) is -0.796. The quantitative estimate of drug-likeness (QED) is 0.416. The Balaban J connectivity index is 1.92. The zero-order valence-corrected chi connectivity index (χ0v) is 15.3. The van der Waals surface area contributed by atoms with E-state index in [9.17, 15) is 8.78 Å². The predicted octanol–water partition coefficient (Wildman–Crippen LogP) is 6.86. The van der Waals surface area contributed by atoms with Crippen LogP contribution >= 0.6 is 0 Å². The lowest BCUT2D eigenvalue weighted by Crippen LogP contribution is -1.96. The third kappa shape index (κ3) is 4.25. The van der Waals surface area contributed by atoms with Gasteiger partial charge >= 0.3 is 0 Å². The van der Waals surface area contributed by atoms with Gasteiger partial charge in [0, 0.05) is 5.39 Å². The summed E-state index contributed by atoms with van der Waals surface area (Å²) in [6.45, 7) is 6.09. The minimum atomic E-state index is -0.792. The summed E-state index contributed by atoms with van der Waals surface area (Å²) >= 11 is 0. The van der Waals surface area contributed by atoms with E-state index in [1.807, 2.05) is 55.5 Å². The lowest BCUT2D eigenvalue weighted by atomic mass is 9.98. The average Bonchev–Trinajstić information content (AvgIpc) is 2.70. The molecular weight excluding hydrogens is 342 g/mol. The Kier molecular flexibility index (Phi) is 6.02. The van der Waals surface area contributed by atoms with Gasteiger partial charge < -0.3 is 4.74 Å². The maximum atomic E-state index is 14.6. The zero-order valence-electron chi connectivity index (χ0n) is 15.3. The molecular formula is C24H22F2O. The molecule has 0 saturated heterocycles. The molecule has 0 aliphatic heterocycles. The van der Waals surface area contributed by atoms with Crippen molar-refractivity contribution in [2.45, 2.75) is 19.8 Å². The molecule has 0 heterocycles. The largest absolute Gasteiger partial charge is 0.490 e. The Labute approximate surface area is 158 Å². The second kappa shape index (κ2) is 8.63. The molecule has 0 N–H and O–H groups in total. The number of aryl methyl sites for hydroxylation is 1. The molecule has 3 aromatic rings. The highest BCUT2D eigenvalue weighted by Crippen LogP contribution is 2.30. The van der Waals surface area contributed by atoms with Crippen LogP contribution in [0.2, 0.25) is 0 Å². The fraction of sp³-hybridized carbons (Fsp3) is 0.167. The van der Waals surface area contributed by atoms with Crippen LogP contribution in [-0.4, -0.2) is 6.61 Å². The topological polar surface area (TPSA) is 9.23 Å². The second-order valence-electron chi connectivity index (χ2n) is 6.33. The summed E-state index contributed by atoms with van der Waals surface area (Å²) in [6.07, 6.45) is 6.62. The summed E-state index contributed by atoms with van der Waals surface area (Å²) in [4.78, 5) is 0. The predicted molar refractivity (Wildman–Crippen MR) is 108 cm³/mol. The van der Waals surface area contributed by atoms with Crippen molar-refractivity contribution in [2.24, 2.45) is 0 Å². The fourth-order valence-corrected chi connectivity index (χ4v) is 2.99. The first-order valence-corrected chi connectivity index (χ1v) is 9.00.